The van der Waals surface area contributed by atoms with Crippen molar-refractivity contribution >= 4 is 175 Å². The molecule has 0 spiro atoms. The minimum absolute atomic E-state index is 0.0848. The number of furan rings is 2. The molecule has 2 aliphatic heterocycles. The highest BCUT2D eigenvalue weighted by atomic mass is 16.3. The molecule has 0 saturated carbocycles. The molecule has 454 valence electrons. The highest BCUT2D eigenvalue weighted by molar-refractivity contribution is 7.00. The maximum atomic E-state index is 7.10. The molecule has 0 fully saturated rings. The molecule has 0 N–H and O–H groups in total. The second-order valence-electron chi connectivity index (χ2n) is 29.7. The molecule has 20 aromatic rings. The Labute approximate surface area is 558 Å². The van der Waals surface area contributed by atoms with Gasteiger partial charge in [-0.3, -0.25) is 0 Å². The van der Waals surface area contributed by atoms with Crippen LogP contribution in [-0.4, -0.2) is 15.8 Å². The number of hydrogen-bond donors (Lipinski definition) is 0. The minimum Gasteiger partial charge on any atom is -0.455 e. The van der Waals surface area contributed by atoms with E-state index >= 15 is 0 Å². The zero-order valence-electron chi connectivity index (χ0n) is 54.6. The number of hydrogen-bond acceptors (Lipinski definition) is 2. The van der Waals surface area contributed by atoms with Gasteiger partial charge in [-0.1, -0.05) is 254 Å². The summed E-state index contributed by atoms with van der Waals surface area (Å²) in [6.45, 7) is 14.1. The number of fused-ring (bicyclic) bond motifs is 30. The smallest absolute Gasteiger partial charge is 0.252 e. The zero-order valence-corrected chi connectivity index (χ0v) is 54.6. The molecule has 5 heteroatoms. The van der Waals surface area contributed by atoms with Crippen LogP contribution in [0.4, 0.5) is 0 Å². The van der Waals surface area contributed by atoms with Crippen molar-refractivity contribution in [1.29, 1.82) is 0 Å². The van der Waals surface area contributed by atoms with Crippen LogP contribution in [0.15, 0.2) is 270 Å². The highest BCUT2D eigenvalue weighted by Crippen LogP contribution is 2.53. The maximum absolute atomic E-state index is 7.10. The Bertz CT molecular complexity index is 6860. The van der Waals surface area contributed by atoms with Gasteiger partial charge in [-0.2, -0.15) is 0 Å². The lowest BCUT2D eigenvalue weighted by Gasteiger charge is -2.35. The van der Waals surface area contributed by atoms with Gasteiger partial charge in [-0.05, 0) is 163 Å². The average molecular weight is 1240 g/mol. The van der Waals surface area contributed by atoms with Gasteiger partial charge in [0.25, 0.3) is 6.71 Å². The predicted octanol–water partition coefficient (Wildman–Crippen LogP) is 23.3. The summed E-state index contributed by atoms with van der Waals surface area (Å²) >= 11 is 0. The van der Waals surface area contributed by atoms with Crippen LogP contribution in [0.2, 0.25) is 0 Å². The lowest BCUT2D eigenvalue weighted by atomic mass is 9.34. The summed E-state index contributed by atoms with van der Waals surface area (Å²) in [6, 6.07) is 99.2. The molecule has 2 aliphatic rings. The fourth-order valence-electron chi connectivity index (χ4n) is 18.3. The third-order valence-corrected chi connectivity index (χ3v) is 22.5. The van der Waals surface area contributed by atoms with Crippen LogP contribution < -0.4 is 16.4 Å². The summed E-state index contributed by atoms with van der Waals surface area (Å²) < 4.78 is 19.6. The molecule has 16 aromatic carbocycles. The third-order valence-electron chi connectivity index (χ3n) is 22.5. The van der Waals surface area contributed by atoms with E-state index in [-0.39, 0.29) is 17.5 Å². The van der Waals surface area contributed by atoms with E-state index in [0.29, 0.717) is 0 Å². The lowest BCUT2D eigenvalue weighted by molar-refractivity contribution is 0.590. The predicted molar refractivity (Wildman–Crippen MR) is 413 cm³/mol. The Morgan fingerprint density at radius 2 is 0.711 bits per heavy atom. The molecule has 97 heavy (non-hydrogen) atoms. The lowest BCUT2D eigenvalue weighted by Crippen LogP contribution is -2.59. The molecule has 4 nitrogen and oxygen atoms in total. The molecular formula is C92H61BN2O2. The Kier molecular flexibility index (Phi) is 10.3. The summed E-state index contributed by atoms with van der Waals surface area (Å²) in [5.41, 5.74) is 23.5. The average Bonchev–Trinajstić information content (AvgIpc) is 1.53. The van der Waals surface area contributed by atoms with Gasteiger partial charge in [0, 0.05) is 81.9 Å². The van der Waals surface area contributed by atoms with E-state index in [1.54, 1.807) is 0 Å². The summed E-state index contributed by atoms with van der Waals surface area (Å²) in [4.78, 5) is 0. The van der Waals surface area contributed by atoms with Crippen molar-refractivity contribution in [1.82, 2.24) is 9.13 Å². The molecule has 0 radical (unpaired) electrons. The summed E-state index contributed by atoms with van der Waals surface area (Å²) in [7, 11) is 0. The molecule has 22 rings (SSSR count). The van der Waals surface area contributed by atoms with Crippen LogP contribution in [0.5, 0.6) is 0 Å². The van der Waals surface area contributed by atoms with Crippen molar-refractivity contribution in [3.63, 3.8) is 0 Å². The van der Waals surface area contributed by atoms with Gasteiger partial charge in [0.2, 0.25) is 0 Å². The molecule has 0 unspecified atom stereocenters. The van der Waals surface area contributed by atoms with Crippen molar-refractivity contribution in [3.8, 4) is 44.8 Å². The summed E-state index contributed by atoms with van der Waals surface area (Å²) in [6.07, 6.45) is 0. The SMILES string of the molecule is CC(C)(C)c1ccc2c(c1)c1cc(C(C)(C)C)cc3c1n2-c1cc(-c2c(-c4cccc5c4oc4ccccc45)cccc2-c2cccc4c2oc2ccccc24)cc2c1B3c1cc3c4ccccc4c4ccccc4c3c3c4c5c6ccccc6c6ccccc6c5ccc4n-2c13. The van der Waals surface area contributed by atoms with E-state index in [1.165, 1.54) is 147 Å². The van der Waals surface area contributed by atoms with Gasteiger partial charge in [0.1, 0.15) is 22.3 Å². The first kappa shape index (κ1) is 53.7. The molecule has 6 heterocycles. The van der Waals surface area contributed by atoms with E-state index in [0.717, 1.165) is 77.3 Å². The van der Waals surface area contributed by atoms with Crippen LogP contribution in [0.25, 0.3) is 197 Å². The highest BCUT2D eigenvalue weighted by Gasteiger charge is 2.44. The molecule has 0 bridgehead atoms. The van der Waals surface area contributed by atoms with Gasteiger partial charge < -0.3 is 18.0 Å². The van der Waals surface area contributed by atoms with Crippen LogP contribution in [0, 0.1) is 0 Å². The van der Waals surface area contributed by atoms with E-state index < -0.39 is 0 Å². The van der Waals surface area contributed by atoms with E-state index in [1.807, 2.05) is 0 Å². The Hall–Kier alpha value is -11.7. The van der Waals surface area contributed by atoms with Gasteiger partial charge in [0.05, 0.1) is 16.6 Å². The molecule has 0 saturated heterocycles. The van der Waals surface area contributed by atoms with Crippen molar-refractivity contribution < 1.29 is 8.83 Å². The monoisotopic (exact) mass is 1240 g/mol. The van der Waals surface area contributed by atoms with E-state index in [2.05, 4.69) is 312 Å². The Morgan fingerprint density at radius 1 is 0.289 bits per heavy atom. The van der Waals surface area contributed by atoms with Gasteiger partial charge in [-0.25, -0.2) is 0 Å². The third kappa shape index (κ3) is 6.98. The maximum Gasteiger partial charge on any atom is 0.252 e. The van der Waals surface area contributed by atoms with Crippen molar-refractivity contribution in [2.45, 2.75) is 52.4 Å². The number of rotatable bonds is 3. The van der Waals surface area contributed by atoms with Crippen molar-refractivity contribution in [3.05, 3.63) is 272 Å². The standard InChI is InChI=1S/C92H61BN2O2/c1-91(2,3)51-40-42-75-70(46-51)72-47-52(92(4,5)6)48-73-87(72)94(75)77-44-50(81-63(68-36-20-34-66-59-28-15-17-38-79(59)96-89(66)68)32-19-33-64(81)69-37-21-35-67-60-29-16-18-39-80(60)97-90(67)69)45-78-86(77)93(73)74-49-71-58-27-10-8-23-54(58)56-25-12-14-31-62(56)83(71)85-84-76(95(78)88(74)85)43-41-65-57-26-9-7-22-53(57)55-24-11-13-30-61(55)82(65)84/h7-49H,1-6H3. The molecule has 0 aliphatic carbocycles. The van der Waals surface area contributed by atoms with Crippen LogP contribution in [-0.2, 0) is 10.8 Å². The van der Waals surface area contributed by atoms with Crippen LogP contribution in [0.1, 0.15) is 52.7 Å². The normalized spacial score (nSPS) is 13.2. The topological polar surface area (TPSA) is 36.1 Å². The molecular weight excluding hydrogens is 1180 g/mol. The summed E-state index contributed by atoms with van der Waals surface area (Å²) in [5, 5.41) is 24.7. The van der Waals surface area contributed by atoms with Crippen LogP contribution in [0.3, 0.4) is 0 Å². The van der Waals surface area contributed by atoms with Gasteiger partial charge in [-0.15, -0.1) is 0 Å². The largest absolute Gasteiger partial charge is 0.455 e. The number of para-hydroxylation sites is 4. The van der Waals surface area contributed by atoms with E-state index in [4.69, 9.17) is 8.83 Å². The fourth-order valence-corrected chi connectivity index (χ4v) is 18.3. The summed E-state index contributed by atoms with van der Waals surface area (Å²) in [5.74, 6) is 0. The van der Waals surface area contributed by atoms with Gasteiger partial charge >= 0.3 is 0 Å². The first-order chi connectivity index (χ1) is 47.4. The molecule has 4 aromatic heterocycles. The van der Waals surface area contributed by atoms with Crippen molar-refractivity contribution in [2.75, 3.05) is 0 Å². The second kappa shape index (κ2) is 18.6. The van der Waals surface area contributed by atoms with Crippen molar-refractivity contribution in [2.24, 2.45) is 0 Å². The number of aromatic nitrogens is 2. The quantitative estimate of drug-likeness (QED) is 0.131. The zero-order chi connectivity index (χ0) is 64.2. The fraction of sp³-hybridized carbons (Fsp3) is 0.0870. The Balaban J connectivity index is 0.992. The first-order valence-electron chi connectivity index (χ1n) is 34.3. The molecule has 0 atom stereocenters. The first-order valence-corrected chi connectivity index (χ1v) is 34.3. The van der Waals surface area contributed by atoms with E-state index in [9.17, 15) is 0 Å². The van der Waals surface area contributed by atoms with Crippen LogP contribution >= 0.6 is 0 Å². The second-order valence-corrected chi connectivity index (χ2v) is 29.7. The Morgan fingerprint density at radius 3 is 1.27 bits per heavy atom. The van der Waals surface area contributed by atoms with Gasteiger partial charge in [0.15, 0.2) is 0 Å². The molecule has 0 amide bonds. The number of benzene rings is 16. The number of nitrogens with zero attached hydrogens (tertiary/aromatic N) is 2. The minimum atomic E-state index is -0.177.